The smallest absolute Gasteiger partial charge is 0.325 e. The summed E-state index contributed by atoms with van der Waals surface area (Å²) in [7, 11) is 0. The Labute approximate surface area is 159 Å². The number of rotatable bonds is 7. The Morgan fingerprint density at radius 2 is 2.11 bits per heavy atom. The minimum atomic E-state index is -0.419. The maximum atomic E-state index is 13.0. The fourth-order valence-electron chi connectivity index (χ4n) is 3.24. The first kappa shape index (κ1) is 19.1. The standard InChI is InChI=1S/C20H26N4O3/c1-2-27-19(25)15-23(14-16-7-4-3-5-8-16)20(26)18-10-12-24(22-18)17-9-6-11-21-13-17/h3-5,7-8,10,12,17,21H,2,6,9,11,13-15H2,1H3. The van der Waals surface area contributed by atoms with E-state index in [0.717, 1.165) is 31.5 Å². The van der Waals surface area contributed by atoms with Crippen LogP contribution in [0.5, 0.6) is 0 Å². The van der Waals surface area contributed by atoms with Crippen molar-refractivity contribution >= 4 is 11.9 Å². The third kappa shape index (κ3) is 5.17. The molecule has 1 fully saturated rings. The zero-order valence-corrected chi connectivity index (χ0v) is 15.6. The lowest BCUT2D eigenvalue weighted by atomic mass is 10.1. The third-order valence-corrected chi connectivity index (χ3v) is 4.60. The number of hydrogen-bond donors (Lipinski definition) is 1. The minimum absolute atomic E-state index is 0.0978. The second kappa shape index (κ2) is 9.32. The molecule has 1 N–H and O–H groups in total. The molecular formula is C20H26N4O3. The molecule has 7 nitrogen and oxygen atoms in total. The molecule has 1 saturated heterocycles. The minimum Gasteiger partial charge on any atom is -0.465 e. The molecular weight excluding hydrogens is 344 g/mol. The van der Waals surface area contributed by atoms with Gasteiger partial charge in [0.2, 0.25) is 0 Å². The highest BCUT2D eigenvalue weighted by atomic mass is 16.5. The number of aromatic nitrogens is 2. The number of carbonyl (C=O) groups is 2. The molecule has 1 aliphatic rings. The van der Waals surface area contributed by atoms with Crippen LogP contribution in [0.25, 0.3) is 0 Å². The van der Waals surface area contributed by atoms with E-state index in [1.165, 1.54) is 4.90 Å². The summed E-state index contributed by atoms with van der Waals surface area (Å²) in [6, 6.07) is 11.6. The fourth-order valence-corrected chi connectivity index (χ4v) is 3.24. The van der Waals surface area contributed by atoms with Gasteiger partial charge in [-0.05, 0) is 37.9 Å². The Hall–Kier alpha value is -2.67. The molecule has 0 bridgehead atoms. The molecule has 3 rings (SSSR count). The molecule has 0 radical (unpaired) electrons. The van der Waals surface area contributed by atoms with Crippen molar-refractivity contribution in [3.8, 4) is 0 Å². The van der Waals surface area contributed by atoms with Gasteiger partial charge in [0, 0.05) is 19.3 Å². The van der Waals surface area contributed by atoms with Gasteiger partial charge < -0.3 is 15.0 Å². The number of carbonyl (C=O) groups excluding carboxylic acids is 2. The van der Waals surface area contributed by atoms with Crippen LogP contribution in [0.15, 0.2) is 42.6 Å². The van der Waals surface area contributed by atoms with E-state index < -0.39 is 5.97 Å². The van der Waals surface area contributed by atoms with Gasteiger partial charge in [0.1, 0.15) is 12.2 Å². The zero-order chi connectivity index (χ0) is 19.1. The predicted octanol–water partition coefficient (Wildman–Crippen LogP) is 2.01. The van der Waals surface area contributed by atoms with E-state index in [4.69, 9.17) is 4.74 Å². The fraction of sp³-hybridized carbons (Fsp3) is 0.450. The summed E-state index contributed by atoms with van der Waals surface area (Å²) < 4.78 is 6.88. The maximum Gasteiger partial charge on any atom is 0.325 e. The normalized spacial score (nSPS) is 16.7. The van der Waals surface area contributed by atoms with Crippen molar-refractivity contribution in [2.45, 2.75) is 32.4 Å². The van der Waals surface area contributed by atoms with Crippen molar-refractivity contribution in [2.75, 3.05) is 26.2 Å². The number of benzene rings is 1. The Morgan fingerprint density at radius 3 is 2.81 bits per heavy atom. The predicted molar refractivity (Wildman–Crippen MR) is 101 cm³/mol. The number of ether oxygens (including phenoxy) is 1. The van der Waals surface area contributed by atoms with Gasteiger partial charge in [-0.1, -0.05) is 30.3 Å². The number of amides is 1. The summed E-state index contributed by atoms with van der Waals surface area (Å²) in [4.78, 5) is 26.5. The van der Waals surface area contributed by atoms with Crippen LogP contribution in [0.2, 0.25) is 0 Å². The highest BCUT2D eigenvalue weighted by Gasteiger charge is 2.23. The molecule has 1 aromatic heterocycles. The van der Waals surface area contributed by atoms with E-state index in [1.54, 1.807) is 13.0 Å². The van der Waals surface area contributed by atoms with Crippen molar-refractivity contribution in [3.63, 3.8) is 0 Å². The van der Waals surface area contributed by atoms with E-state index in [0.29, 0.717) is 12.2 Å². The monoisotopic (exact) mass is 370 g/mol. The van der Waals surface area contributed by atoms with E-state index in [1.807, 2.05) is 41.2 Å². The van der Waals surface area contributed by atoms with E-state index in [-0.39, 0.29) is 25.1 Å². The molecule has 2 aromatic rings. The number of nitrogens with zero attached hydrogens (tertiary/aromatic N) is 3. The van der Waals surface area contributed by atoms with Crippen LogP contribution in [-0.2, 0) is 16.1 Å². The number of nitrogens with one attached hydrogen (secondary N) is 1. The Morgan fingerprint density at radius 1 is 1.30 bits per heavy atom. The average Bonchev–Trinajstić information content (AvgIpc) is 3.19. The Balaban J connectivity index is 1.75. The van der Waals surface area contributed by atoms with Crippen molar-refractivity contribution in [3.05, 3.63) is 53.9 Å². The summed E-state index contributed by atoms with van der Waals surface area (Å²) in [5, 5.41) is 7.83. The van der Waals surface area contributed by atoms with Crippen LogP contribution in [0.1, 0.15) is 41.9 Å². The number of piperidine rings is 1. The Kier molecular flexibility index (Phi) is 6.59. The summed E-state index contributed by atoms with van der Waals surface area (Å²) >= 11 is 0. The van der Waals surface area contributed by atoms with Crippen molar-refractivity contribution in [1.29, 1.82) is 0 Å². The lowest BCUT2D eigenvalue weighted by molar-refractivity contribution is -0.143. The molecule has 2 heterocycles. The van der Waals surface area contributed by atoms with Crippen LogP contribution in [0.3, 0.4) is 0 Å². The van der Waals surface area contributed by atoms with E-state index >= 15 is 0 Å². The summed E-state index contributed by atoms with van der Waals surface area (Å²) in [5.74, 6) is -0.688. The second-order valence-electron chi connectivity index (χ2n) is 6.63. The molecule has 1 amide bonds. The molecule has 7 heteroatoms. The van der Waals surface area contributed by atoms with Crippen LogP contribution in [0.4, 0.5) is 0 Å². The molecule has 1 unspecified atom stereocenters. The van der Waals surface area contributed by atoms with Gasteiger partial charge in [0.05, 0.1) is 12.6 Å². The highest BCUT2D eigenvalue weighted by Crippen LogP contribution is 2.17. The molecule has 1 atom stereocenters. The van der Waals surface area contributed by atoms with Crippen molar-refractivity contribution in [1.82, 2.24) is 20.0 Å². The van der Waals surface area contributed by atoms with Gasteiger partial charge in [-0.25, -0.2) is 0 Å². The number of esters is 1. The van der Waals surface area contributed by atoms with E-state index in [9.17, 15) is 9.59 Å². The van der Waals surface area contributed by atoms with Gasteiger partial charge in [0.25, 0.3) is 5.91 Å². The molecule has 27 heavy (non-hydrogen) atoms. The second-order valence-corrected chi connectivity index (χ2v) is 6.63. The molecule has 1 aromatic carbocycles. The Bertz CT molecular complexity index is 754. The lowest BCUT2D eigenvalue weighted by Crippen LogP contribution is -2.36. The van der Waals surface area contributed by atoms with Crippen LogP contribution < -0.4 is 5.32 Å². The van der Waals surface area contributed by atoms with Gasteiger partial charge in [-0.15, -0.1) is 0 Å². The highest BCUT2D eigenvalue weighted by molar-refractivity contribution is 5.94. The molecule has 0 aliphatic carbocycles. The van der Waals surface area contributed by atoms with Gasteiger partial charge in [-0.2, -0.15) is 5.10 Å². The van der Waals surface area contributed by atoms with Crippen LogP contribution >= 0.6 is 0 Å². The molecule has 0 spiro atoms. The van der Waals surface area contributed by atoms with E-state index in [2.05, 4.69) is 10.4 Å². The summed E-state index contributed by atoms with van der Waals surface area (Å²) in [6.45, 7) is 4.15. The first-order chi connectivity index (χ1) is 13.2. The quantitative estimate of drug-likeness (QED) is 0.755. The largest absolute Gasteiger partial charge is 0.465 e. The van der Waals surface area contributed by atoms with Gasteiger partial charge >= 0.3 is 5.97 Å². The summed E-state index contributed by atoms with van der Waals surface area (Å²) in [5.41, 5.74) is 1.30. The summed E-state index contributed by atoms with van der Waals surface area (Å²) in [6.07, 6.45) is 3.98. The first-order valence-electron chi connectivity index (χ1n) is 9.42. The zero-order valence-electron chi connectivity index (χ0n) is 15.6. The van der Waals surface area contributed by atoms with Crippen molar-refractivity contribution < 1.29 is 14.3 Å². The van der Waals surface area contributed by atoms with Gasteiger partial charge in [0.15, 0.2) is 0 Å². The van der Waals surface area contributed by atoms with Crippen LogP contribution in [-0.4, -0.2) is 52.8 Å². The van der Waals surface area contributed by atoms with Crippen molar-refractivity contribution in [2.24, 2.45) is 0 Å². The molecule has 0 saturated carbocycles. The van der Waals surface area contributed by atoms with Crippen LogP contribution in [0, 0.1) is 0 Å². The maximum absolute atomic E-state index is 13.0. The first-order valence-corrected chi connectivity index (χ1v) is 9.42. The lowest BCUT2D eigenvalue weighted by Gasteiger charge is -2.23. The SMILES string of the molecule is CCOC(=O)CN(Cc1ccccc1)C(=O)c1ccn(C2CCCNC2)n1. The van der Waals surface area contributed by atoms with Gasteiger partial charge in [-0.3, -0.25) is 14.3 Å². The third-order valence-electron chi connectivity index (χ3n) is 4.60. The molecule has 144 valence electrons. The average molecular weight is 370 g/mol. The number of hydrogen-bond acceptors (Lipinski definition) is 5. The molecule has 1 aliphatic heterocycles. The topological polar surface area (TPSA) is 76.5 Å².